The van der Waals surface area contributed by atoms with Crippen LogP contribution in [0.25, 0.3) is 44.4 Å². The summed E-state index contributed by atoms with van der Waals surface area (Å²) in [6.45, 7) is 0. The molecule has 3 aromatic carbocycles. The molecule has 5 nitrogen and oxygen atoms in total. The SMILES string of the molecule is O=c1[nH]c2c3ccccc3c(=Cc3ccnc4ccccc34)c2n2ccnc12. The van der Waals surface area contributed by atoms with Gasteiger partial charge in [-0.05, 0) is 29.2 Å². The van der Waals surface area contributed by atoms with Crippen LogP contribution in [0.5, 0.6) is 0 Å². The van der Waals surface area contributed by atoms with E-state index in [1.165, 1.54) is 0 Å². The Bertz CT molecular complexity index is 1640. The summed E-state index contributed by atoms with van der Waals surface area (Å²) in [6, 6.07) is 18.3. The highest BCUT2D eigenvalue weighted by Gasteiger charge is 2.14. The Morgan fingerprint density at radius 3 is 2.54 bits per heavy atom. The van der Waals surface area contributed by atoms with Crippen LogP contribution in [-0.2, 0) is 0 Å². The smallest absolute Gasteiger partial charge is 0.292 e. The Morgan fingerprint density at radius 1 is 0.857 bits per heavy atom. The zero-order valence-corrected chi connectivity index (χ0v) is 14.8. The molecule has 0 unspecified atom stereocenters. The van der Waals surface area contributed by atoms with Crippen LogP contribution in [0.4, 0.5) is 0 Å². The van der Waals surface area contributed by atoms with Crippen LogP contribution in [0.15, 0.2) is 78.0 Å². The van der Waals surface area contributed by atoms with E-state index in [1.54, 1.807) is 6.20 Å². The van der Waals surface area contributed by atoms with E-state index in [2.05, 4.69) is 33.2 Å². The second-order valence-corrected chi connectivity index (χ2v) is 6.82. The minimum Gasteiger partial charge on any atom is -0.317 e. The first kappa shape index (κ1) is 15.1. The first-order valence-corrected chi connectivity index (χ1v) is 9.06. The molecular formula is C23H14N4O. The molecule has 6 rings (SSSR count). The molecule has 3 heterocycles. The average molecular weight is 362 g/mol. The standard InChI is InChI=1S/C23H14N4O/c28-23-22-25-11-12-27(22)21-18(16-6-1-2-7-17(16)20(21)26-23)13-14-9-10-24-19-8-4-3-5-15(14)19/h1-13H,(H,26,28). The van der Waals surface area contributed by atoms with E-state index in [4.69, 9.17) is 0 Å². The van der Waals surface area contributed by atoms with Gasteiger partial charge in [-0.2, -0.15) is 0 Å². The third-order valence-corrected chi connectivity index (χ3v) is 5.28. The van der Waals surface area contributed by atoms with Crippen molar-refractivity contribution < 1.29 is 0 Å². The fraction of sp³-hybridized carbons (Fsp3) is 0. The maximum absolute atomic E-state index is 12.5. The maximum Gasteiger partial charge on any atom is 0.292 e. The van der Waals surface area contributed by atoms with E-state index in [1.807, 2.05) is 59.3 Å². The number of nitrogens with zero attached hydrogens (tertiary/aromatic N) is 3. The Hall–Kier alpha value is -3.99. The van der Waals surface area contributed by atoms with Gasteiger partial charge >= 0.3 is 0 Å². The van der Waals surface area contributed by atoms with Gasteiger partial charge in [0.1, 0.15) is 0 Å². The van der Waals surface area contributed by atoms with Gasteiger partial charge in [0.05, 0.1) is 16.6 Å². The third kappa shape index (κ3) is 1.98. The molecule has 28 heavy (non-hydrogen) atoms. The lowest BCUT2D eigenvalue weighted by atomic mass is 10.1. The lowest BCUT2D eigenvalue weighted by Crippen LogP contribution is -2.13. The summed E-state index contributed by atoms with van der Waals surface area (Å²) in [5.41, 5.74) is 4.04. The van der Waals surface area contributed by atoms with Crippen LogP contribution in [0, 0.1) is 0 Å². The van der Waals surface area contributed by atoms with E-state index in [0.29, 0.717) is 5.65 Å². The van der Waals surface area contributed by atoms with Crippen LogP contribution in [0.2, 0.25) is 0 Å². The first-order chi connectivity index (χ1) is 13.8. The molecule has 0 amide bonds. The molecule has 0 saturated carbocycles. The molecule has 0 saturated heterocycles. The number of pyridine rings is 1. The summed E-state index contributed by atoms with van der Waals surface area (Å²) in [7, 11) is 0. The molecule has 0 spiro atoms. The summed E-state index contributed by atoms with van der Waals surface area (Å²) in [4.78, 5) is 24.2. The fourth-order valence-corrected chi connectivity index (χ4v) is 4.07. The predicted molar refractivity (Wildman–Crippen MR) is 111 cm³/mol. The number of aromatic nitrogens is 4. The van der Waals surface area contributed by atoms with Crippen molar-refractivity contribution in [2.75, 3.05) is 0 Å². The summed E-state index contributed by atoms with van der Waals surface area (Å²) in [5, 5.41) is 4.26. The Balaban J connectivity index is 1.88. The second kappa shape index (κ2) is 5.50. The second-order valence-electron chi connectivity index (χ2n) is 6.82. The number of nitrogens with one attached hydrogen (secondary N) is 1. The van der Waals surface area contributed by atoms with Crippen molar-refractivity contribution in [3.8, 4) is 0 Å². The number of H-pyrrole nitrogens is 1. The quantitative estimate of drug-likeness (QED) is 0.487. The highest BCUT2D eigenvalue weighted by molar-refractivity contribution is 6.10. The molecule has 0 atom stereocenters. The molecule has 0 aliphatic rings. The number of imidazole rings is 1. The van der Waals surface area contributed by atoms with E-state index in [9.17, 15) is 4.79 Å². The maximum atomic E-state index is 12.5. The molecule has 132 valence electrons. The van der Waals surface area contributed by atoms with Crippen molar-refractivity contribution in [3.05, 3.63) is 94.3 Å². The minimum atomic E-state index is -0.186. The monoisotopic (exact) mass is 362 g/mol. The molecule has 3 aromatic heterocycles. The van der Waals surface area contributed by atoms with E-state index in [0.717, 1.165) is 43.5 Å². The Labute approximate surface area is 158 Å². The van der Waals surface area contributed by atoms with Gasteiger partial charge in [0.15, 0.2) is 0 Å². The van der Waals surface area contributed by atoms with Gasteiger partial charge in [-0.15, -0.1) is 0 Å². The zero-order valence-electron chi connectivity index (χ0n) is 14.8. The van der Waals surface area contributed by atoms with Crippen LogP contribution in [0.3, 0.4) is 0 Å². The van der Waals surface area contributed by atoms with Crippen LogP contribution in [-0.4, -0.2) is 19.4 Å². The first-order valence-electron chi connectivity index (χ1n) is 9.06. The van der Waals surface area contributed by atoms with Gasteiger partial charge < -0.3 is 4.98 Å². The number of benzene rings is 2. The van der Waals surface area contributed by atoms with Gasteiger partial charge in [0, 0.05) is 34.6 Å². The number of hydrogen-bond donors (Lipinski definition) is 1. The molecule has 0 aliphatic carbocycles. The molecule has 1 N–H and O–H groups in total. The Morgan fingerprint density at radius 2 is 1.64 bits per heavy atom. The van der Waals surface area contributed by atoms with Gasteiger partial charge in [-0.3, -0.25) is 14.2 Å². The molecule has 0 radical (unpaired) electrons. The molecule has 5 heteroatoms. The number of hydrogen-bond acceptors (Lipinski definition) is 3. The molecule has 0 bridgehead atoms. The van der Waals surface area contributed by atoms with Crippen molar-refractivity contribution in [2.45, 2.75) is 0 Å². The number of aromatic amines is 1. The number of fused-ring (bicyclic) bond motifs is 6. The number of rotatable bonds is 1. The predicted octanol–water partition coefficient (Wildman–Crippen LogP) is 3.42. The Kier molecular flexibility index (Phi) is 2.97. The van der Waals surface area contributed by atoms with Crippen LogP contribution < -0.4 is 10.8 Å². The van der Waals surface area contributed by atoms with E-state index < -0.39 is 0 Å². The highest BCUT2D eigenvalue weighted by Crippen LogP contribution is 2.23. The lowest BCUT2D eigenvalue weighted by Gasteiger charge is -2.01. The van der Waals surface area contributed by atoms with Crippen molar-refractivity contribution >= 4 is 44.4 Å². The van der Waals surface area contributed by atoms with E-state index in [-0.39, 0.29) is 5.56 Å². The zero-order chi connectivity index (χ0) is 18.7. The normalized spacial score (nSPS) is 12.6. The topological polar surface area (TPSA) is 63.0 Å². The number of para-hydroxylation sites is 1. The van der Waals surface area contributed by atoms with Crippen molar-refractivity contribution in [1.29, 1.82) is 0 Å². The minimum absolute atomic E-state index is 0.186. The largest absolute Gasteiger partial charge is 0.317 e. The lowest BCUT2D eigenvalue weighted by molar-refractivity contribution is 1.17. The van der Waals surface area contributed by atoms with Crippen LogP contribution in [0.1, 0.15) is 5.56 Å². The fourth-order valence-electron chi connectivity index (χ4n) is 4.07. The molecule has 0 aliphatic heterocycles. The summed E-state index contributed by atoms with van der Waals surface area (Å²) >= 11 is 0. The van der Waals surface area contributed by atoms with Gasteiger partial charge in [-0.1, -0.05) is 42.5 Å². The summed E-state index contributed by atoms with van der Waals surface area (Å²) < 4.78 is 1.88. The highest BCUT2D eigenvalue weighted by atomic mass is 16.1. The summed E-state index contributed by atoms with van der Waals surface area (Å²) in [5.74, 6) is 0. The molecular weight excluding hydrogens is 348 g/mol. The van der Waals surface area contributed by atoms with Crippen molar-refractivity contribution in [1.82, 2.24) is 19.4 Å². The van der Waals surface area contributed by atoms with E-state index >= 15 is 0 Å². The molecule has 6 aromatic rings. The van der Waals surface area contributed by atoms with Crippen molar-refractivity contribution in [3.63, 3.8) is 0 Å². The van der Waals surface area contributed by atoms with Gasteiger partial charge in [-0.25, -0.2) is 4.98 Å². The average Bonchev–Trinajstić information content (AvgIpc) is 3.33. The molecule has 0 fully saturated rings. The van der Waals surface area contributed by atoms with Gasteiger partial charge in [0.25, 0.3) is 5.56 Å². The summed E-state index contributed by atoms with van der Waals surface area (Å²) in [6.07, 6.45) is 7.50. The van der Waals surface area contributed by atoms with Crippen molar-refractivity contribution in [2.24, 2.45) is 0 Å². The van der Waals surface area contributed by atoms with Gasteiger partial charge in [0.2, 0.25) is 5.65 Å². The third-order valence-electron chi connectivity index (χ3n) is 5.28. The van der Waals surface area contributed by atoms with Crippen LogP contribution >= 0.6 is 0 Å².